The normalized spacial score (nSPS) is 22.6. The fourth-order valence-corrected chi connectivity index (χ4v) is 4.58. The molecule has 3 aromatic rings. The molecule has 0 unspecified atom stereocenters. The van der Waals surface area contributed by atoms with Crippen molar-refractivity contribution in [2.45, 2.75) is 51.7 Å². The van der Waals surface area contributed by atoms with Crippen LogP contribution in [0.2, 0.25) is 0 Å². The number of fused-ring (bicyclic) bond motifs is 1. The SMILES string of the molecule is Cc1ccc(C[C@@H]2C[C@@H](O)[C@H](n3ccc4c(C)ncnc43)C2)c(CCN)c1. The van der Waals surface area contributed by atoms with Gasteiger partial charge in [0.1, 0.15) is 12.0 Å². The topological polar surface area (TPSA) is 77.0 Å². The van der Waals surface area contributed by atoms with Crippen LogP contribution >= 0.6 is 0 Å². The highest BCUT2D eigenvalue weighted by molar-refractivity contribution is 5.78. The van der Waals surface area contributed by atoms with Gasteiger partial charge in [0, 0.05) is 11.6 Å². The molecule has 1 fully saturated rings. The minimum Gasteiger partial charge on any atom is -0.391 e. The second kappa shape index (κ2) is 7.41. The summed E-state index contributed by atoms with van der Waals surface area (Å²) in [5.41, 5.74) is 11.7. The van der Waals surface area contributed by atoms with Crippen LogP contribution in [0.4, 0.5) is 0 Å². The first-order valence-corrected chi connectivity index (χ1v) is 9.81. The van der Waals surface area contributed by atoms with Crippen molar-refractivity contribution in [2.75, 3.05) is 6.54 Å². The van der Waals surface area contributed by atoms with Gasteiger partial charge in [0.2, 0.25) is 0 Å². The van der Waals surface area contributed by atoms with E-state index in [2.05, 4.69) is 45.7 Å². The molecule has 1 saturated carbocycles. The van der Waals surface area contributed by atoms with Crippen LogP contribution in [-0.2, 0) is 12.8 Å². The van der Waals surface area contributed by atoms with E-state index in [1.807, 2.05) is 13.1 Å². The van der Waals surface area contributed by atoms with Crippen LogP contribution in [0.25, 0.3) is 11.0 Å². The van der Waals surface area contributed by atoms with Gasteiger partial charge in [-0.15, -0.1) is 0 Å². The fraction of sp³-hybridized carbons (Fsp3) is 0.455. The standard InChI is InChI=1S/C22H28N4O/c1-14-3-4-17(18(9-14)5-7-23)10-16-11-20(21(27)12-16)26-8-6-19-15(2)24-13-25-22(19)26/h3-4,6,8-9,13,16,20-21,27H,5,7,10-12,23H2,1-2H3/t16-,20+,21+/m0/s1. The molecule has 0 aliphatic heterocycles. The summed E-state index contributed by atoms with van der Waals surface area (Å²) >= 11 is 0. The number of aryl methyl sites for hydroxylation is 2. The summed E-state index contributed by atoms with van der Waals surface area (Å²) in [5.74, 6) is 0.463. The summed E-state index contributed by atoms with van der Waals surface area (Å²) in [4.78, 5) is 8.74. The maximum Gasteiger partial charge on any atom is 0.143 e. The van der Waals surface area contributed by atoms with E-state index in [1.165, 1.54) is 16.7 Å². The molecule has 0 saturated heterocycles. The minimum absolute atomic E-state index is 0.0743. The van der Waals surface area contributed by atoms with E-state index >= 15 is 0 Å². The van der Waals surface area contributed by atoms with Crippen molar-refractivity contribution in [3.63, 3.8) is 0 Å². The Kier molecular flexibility index (Phi) is 4.98. The molecular weight excluding hydrogens is 336 g/mol. The van der Waals surface area contributed by atoms with Crippen molar-refractivity contribution < 1.29 is 5.11 Å². The quantitative estimate of drug-likeness (QED) is 0.729. The zero-order valence-corrected chi connectivity index (χ0v) is 16.1. The summed E-state index contributed by atoms with van der Waals surface area (Å²) in [5, 5.41) is 11.8. The van der Waals surface area contributed by atoms with Gasteiger partial charge >= 0.3 is 0 Å². The molecule has 142 valence electrons. The van der Waals surface area contributed by atoms with Crippen molar-refractivity contribution >= 4 is 11.0 Å². The van der Waals surface area contributed by atoms with Gasteiger partial charge < -0.3 is 15.4 Å². The van der Waals surface area contributed by atoms with Gasteiger partial charge in [0.05, 0.1) is 17.8 Å². The van der Waals surface area contributed by atoms with Crippen molar-refractivity contribution in [1.82, 2.24) is 14.5 Å². The molecule has 5 nitrogen and oxygen atoms in total. The summed E-state index contributed by atoms with van der Waals surface area (Å²) in [6.07, 6.45) is 7.01. The highest BCUT2D eigenvalue weighted by atomic mass is 16.3. The van der Waals surface area contributed by atoms with Gasteiger partial charge in [-0.25, -0.2) is 9.97 Å². The molecule has 2 aromatic heterocycles. The Bertz CT molecular complexity index is 949. The number of hydrogen-bond donors (Lipinski definition) is 2. The highest BCUT2D eigenvalue weighted by Crippen LogP contribution is 2.39. The maximum atomic E-state index is 10.8. The number of nitrogens with zero attached hydrogens (tertiary/aromatic N) is 3. The zero-order chi connectivity index (χ0) is 19.0. The lowest BCUT2D eigenvalue weighted by molar-refractivity contribution is 0.136. The van der Waals surface area contributed by atoms with Crippen LogP contribution in [0.15, 0.2) is 36.8 Å². The number of rotatable bonds is 5. The number of aromatic nitrogens is 3. The van der Waals surface area contributed by atoms with E-state index in [4.69, 9.17) is 5.73 Å². The highest BCUT2D eigenvalue weighted by Gasteiger charge is 2.35. The van der Waals surface area contributed by atoms with E-state index in [0.717, 1.165) is 42.4 Å². The average molecular weight is 364 g/mol. The van der Waals surface area contributed by atoms with Crippen LogP contribution < -0.4 is 5.73 Å². The van der Waals surface area contributed by atoms with Crippen molar-refractivity contribution in [3.8, 4) is 0 Å². The van der Waals surface area contributed by atoms with Gasteiger partial charge in [0.25, 0.3) is 0 Å². The molecule has 1 aliphatic rings. The summed E-state index contributed by atoms with van der Waals surface area (Å²) in [6.45, 7) is 4.79. The third-order valence-corrected chi connectivity index (χ3v) is 5.94. The maximum absolute atomic E-state index is 10.8. The Balaban J connectivity index is 1.56. The largest absolute Gasteiger partial charge is 0.391 e. The molecular formula is C22H28N4O. The molecule has 0 bridgehead atoms. The molecule has 5 heteroatoms. The van der Waals surface area contributed by atoms with Crippen LogP contribution in [-0.4, -0.2) is 32.3 Å². The minimum atomic E-state index is -0.343. The van der Waals surface area contributed by atoms with Crippen LogP contribution in [0.1, 0.15) is 41.3 Å². The number of nitrogens with two attached hydrogens (primary N) is 1. The Hall–Kier alpha value is -2.24. The van der Waals surface area contributed by atoms with Gasteiger partial charge in [-0.05, 0) is 69.2 Å². The average Bonchev–Trinajstić information content (AvgIpc) is 3.21. The first-order chi connectivity index (χ1) is 13.1. The molecule has 0 amide bonds. The van der Waals surface area contributed by atoms with E-state index < -0.39 is 0 Å². The molecule has 3 N–H and O–H groups in total. The van der Waals surface area contributed by atoms with E-state index in [-0.39, 0.29) is 12.1 Å². The van der Waals surface area contributed by atoms with Crippen molar-refractivity contribution in [1.29, 1.82) is 0 Å². The Morgan fingerprint density at radius 2 is 2.00 bits per heavy atom. The molecule has 0 spiro atoms. The lowest BCUT2D eigenvalue weighted by atomic mass is 9.92. The van der Waals surface area contributed by atoms with Gasteiger partial charge in [-0.2, -0.15) is 0 Å². The van der Waals surface area contributed by atoms with Crippen LogP contribution in [0, 0.1) is 19.8 Å². The second-order valence-corrected chi connectivity index (χ2v) is 7.91. The predicted octanol–water partition coefficient (Wildman–Crippen LogP) is 3.10. The van der Waals surface area contributed by atoms with Gasteiger partial charge in [-0.1, -0.05) is 23.8 Å². The summed E-state index contributed by atoms with van der Waals surface area (Å²) in [6, 6.07) is 8.80. The zero-order valence-electron chi connectivity index (χ0n) is 16.1. The molecule has 1 aromatic carbocycles. The first-order valence-electron chi connectivity index (χ1n) is 9.81. The van der Waals surface area contributed by atoms with Crippen molar-refractivity contribution in [3.05, 3.63) is 59.2 Å². The Labute approximate surface area is 160 Å². The predicted molar refractivity (Wildman–Crippen MR) is 108 cm³/mol. The smallest absolute Gasteiger partial charge is 0.143 e. The summed E-state index contributed by atoms with van der Waals surface area (Å²) < 4.78 is 2.14. The lowest BCUT2D eigenvalue weighted by Gasteiger charge is -2.18. The monoisotopic (exact) mass is 364 g/mol. The Morgan fingerprint density at radius 1 is 1.15 bits per heavy atom. The third kappa shape index (κ3) is 3.49. The van der Waals surface area contributed by atoms with Crippen molar-refractivity contribution in [2.24, 2.45) is 11.7 Å². The fourth-order valence-electron chi connectivity index (χ4n) is 4.58. The molecule has 2 heterocycles. The van der Waals surface area contributed by atoms with Crippen LogP contribution in [0.3, 0.4) is 0 Å². The van der Waals surface area contributed by atoms with Crippen LogP contribution in [0.5, 0.6) is 0 Å². The van der Waals surface area contributed by atoms with E-state index in [1.54, 1.807) is 6.33 Å². The summed E-state index contributed by atoms with van der Waals surface area (Å²) in [7, 11) is 0. The third-order valence-electron chi connectivity index (χ3n) is 5.94. The molecule has 1 aliphatic carbocycles. The molecule has 0 radical (unpaired) electrons. The van der Waals surface area contributed by atoms with Gasteiger partial charge in [0.15, 0.2) is 0 Å². The molecule has 3 atom stereocenters. The number of benzene rings is 1. The number of aliphatic hydroxyl groups excluding tert-OH is 1. The van der Waals surface area contributed by atoms with Gasteiger partial charge in [-0.3, -0.25) is 0 Å². The number of hydrogen-bond acceptors (Lipinski definition) is 4. The Morgan fingerprint density at radius 3 is 2.81 bits per heavy atom. The first kappa shape index (κ1) is 18.1. The molecule has 27 heavy (non-hydrogen) atoms. The lowest BCUT2D eigenvalue weighted by Crippen LogP contribution is -2.17. The second-order valence-electron chi connectivity index (χ2n) is 7.91. The van der Waals surface area contributed by atoms with E-state index in [0.29, 0.717) is 12.5 Å². The molecule has 4 rings (SSSR count). The van der Waals surface area contributed by atoms with E-state index in [9.17, 15) is 5.11 Å². The number of aliphatic hydroxyl groups is 1.